The van der Waals surface area contributed by atoms with Crippen LogP contribution in [0.25, 0.3) is 11.5 Å². The summed E-state index contributed by atoms with van der Waals surface area (Å²) in [5, 5.41) is 7.48. The highest BCUT2D eigenvalue weighted by atomic mass is 79.9. The number of benzene rings is 2. The van der Waals surface area contributed by atoms with Crippen LogP contribution in [-0.2, 0) is 6.54 Å². The summed E-state index contributed by atoms with van der Waals surface area (Å²) in [5.41, 5.74) is 3.62. The average Bonchev–Trinajstić information content (AvgIpc) is 3.36. The molecule has 0 aliphatic heterocycles. The highest BCUT2D eigenvalue weighted by molar-refractivity contribution is 9.10. The van der Waals surface area contributed by atoms with Gasteiger partial charge in [-0.05, 0) is 48.9 Å². The van der Waals surface area contributed by atoms with Crippen molar-refractivity contribution in [3.63, 3.8) is 0 Å². The molecule has 2 aromatic carbocycles. The molecule has 0 fully saturated rings. The van der Waals surface area contributed by atoms with Crippen LogP contribution >= 0.6 is 15.9 Å². The van der Waals surface area contributed by atoms with Gasteiger partial charge in [0, 0.05) is 23.4 Å². The van der Waals surface area contributed by atoms with E-state index in [1.807, 2.05) is 84.5 Å². The van der Waals surface area contributed by atoms with Gasteiger partial charge in [-0.25, -0.2) is 4.68 Å². The van der Waals surface area contributed by atoms with Crippen LogP contribution in [0.2, 0.25) is 0 Å². The summed E-state index contributed by atoms with van der Waals surface area (Å²) in [6.45, 7) is 2.49. The number of carbonyl (C=O) groups excluding carboxylic acids is 1. The zero-order valence-electron chi connectivity index (χ0n) is 15.3. The zero-order valence-corrected chi connectivity index (χ0v) is 16.9. The van der Waals surface area contributed by atoms with Crippen molar-refractivity contribution < 1.29 is 4.79 Å². The van der Waals surface area contributed by atoms with E-state index in [1.54, 1.807) is 10.9 Å². The van der Waals surface area contributed by atoms with E-state index < -0.39 is 0 Å². The molecule has 5 nitrogen and oxygen atoms in total. The number of halogens is 1. The lowest BCUT2D eigenvalue weighted by atomic mass is 10.2. The number of aryl methyl sites for hydroxylation is 1. The van der Waals surface area contributed by atoms with Gasteiger partial charge in [-0.15, -0.1) is 0 Å². The Kier molecular flexibility index (Phi) is 5.12. The van der Waals surface area contributed by atoms with E-state index in [0.29, 0.717) is 17.9 Å². The largest absolute Gasteiger partial charge is 0.348 e. The van der Waals surface area contributed by atoms with Crippen molar-refractivity contribution in [3.8, 4) is 11.5 Å². The number of aromatic nitrogens is 3. The lowest BCUT2D eigenvalue weighted by molar-refractivity contribution is 0.0951. The Labute approximate surface area is 171 Å². The molecule has 6 heteroatoms. The maximum atomic E-state index is 12.9. The average molecular weight is 435 g/mol. The molecule has 0 aliphatic carbocycles. The van der Waals surface area contributed by atoms with Crippen molar-refractivity contribution in [2.45, 2.75) is 13.5 Å². The summed E-state index contributed by atoms with van der Waals surface area (Å²) < 4.78 is 4.67. The first-order chi connectivity index (χ1) is 13.6. The van der Waals surface area contributed by atoms with E-state index in [2.05, 4.69) is 26.3 Å². The Morgan fingerprint density at radius 2 is 1.82 bits per heavy atom. The predicted octanol–water partition coefficient (Wildman–Crippen LogP) is 4.66. The van der Waals surface area contributed by atoms with Gasteiger partial charge in [-0.2, -0.15) is 5.10 Å². The van der Waals surface area contributed by atoms with Crippen LogP contribution in [0.5, 0.6) is 0 Å². The fourth-order valence-corrected chi connectivity index (χ4v) is 3.47. The van der Waals surface area contributed by atoms with Crippen molar-refractivity contribution in [3.05, 3.63) is 100 Å². The first kappa shape index (κ1) is 18.3. The number of hydrogen-bond donors (Lipinski definition) is 1. The highest BCUT2D eigenvalue weighted by Crippen LogP contribution is 2.20. The molecule has 1 N–H and O–H groups in total. The molecule has 0 saturated carbocycles. The SMILES string of the molecule is Cc1ccc(-n2ncc(C(=O)NCc3cccc(Br)c3)c2-n2cccc2)cc1. The number of nitrogens with one attached hydrogen (secondary N) is 1. The molecular formula is C22H19BrN4O. The molecule has 0 radical (unpaired) electrons. The van der Waals surface area contributed by atoms with Crippen LogP contribution in [0.3, 0.4) is 0 Å². The van der Waals surface area contributed by atoms with Crippen LogP contribution < -0.4 is 5.32 Å². The second kappa shape index (κ2) is 7.86. The van der Waals surface area contributed by atoms with Gasteiger partial charge in [0.25, 0.3) is 5.91 Å². The molecule has 0 unspecified atom stereocenters. The molecular weight excluding hydrogens is 416 g/mol. The third kappa shape index (κ3) is 3.77. The van der Waals surface area contributed by atoms with E-state index >= 15 is 0 Å². The summed E-state index contributed by atoms with van der Waals surface area (Å²) in [6.07, 6.45) is 5.44. The minimum absolute atomic E-state index is 0.165. The molecule has 0 atom stereocenters. The maximum Gasteiger partial charge on any atom is 0.256 e. The van der Waals surface area contributed by atoms with Crippen molar-refractivity contribution in [1.82, 2.24) is 19.7 Å². The van der Waals surface area contributed by atoms with Gasteiger partial charge in [0.15, 0.2) is 5.82 Å². The first-order valence-electron chi connectivity index (χ1n) is 8.93. The molecule has 140 valence electrons. The van der Waals surface area contributed by atoms with E-state index in [0.717, 1.165) is 15.7 Å². The Balaban J connectivity index is 1.67. The number of amides is 1. The topological polar surface area (TPSA) is 51.9 Å². The lowest BCUT2D eigenvalue weighted by Gasteiger charge is -2.11. The quantitative estimate of drug-likeness (QED) is 0.496. The van der Waals surface area contributed by atoms with Gasteiger partial charge in [0.1, 0.15) is 5.56 Å². The molecule has 1 amide bonds. The number of rotatable bonds is 5. The number of hydrogen-bond acceptors (Lipinski definition) is 2. The molecule has 2 heterocycles. The van der Waals surface area contributed by atoms with Crippen molar-refractivity contribution in [1.29, 1.82) is 0 Å². The van der Waals surface area contributed by atoms with E-state index in [9.17, 15) is 4.79 Å². The third-order valence-corrected chi connectivity index (χ3v) is 4.95. The summed E-state index contributed by atoms with van der Waals surface area (Å²) in [5.74, 6) is 0.544. The second-order valence-corrected chi connectivity index (χ2v) is 7.45. The fraction of sp³-hybridized carbons (Fsp3) is 0.0909. The van der Waals surface area contributed by atoms with Crippen LogP contribution in [0.15, 0.2) is 83.7 Å². The Morgan fingerprint density at radius 1 is 1.07 bits per heavy atom. The summed E-state index contributed by atoms with van der Waals surface area (Å²) >= 11 is 3.46. The summed E-state index contributed by atoms with van der Waals surface area (Å²) in [6, 6.07) is 19.8. The van der Waals surface area contributed by atoms with Gasteiger partial charge < -0.3 is 9.88 Å². The molecule has 2 aromatic heterocycles. The third-order valence-electron chi connectivity index (χ3n) is 4.46. The summed E-state index contributed by atoms with van der Waals surface area (Å²) in [7, 11) is 0. The van der Waals surface area contributed by atoms with Crippen LogP contribution in [-0.4, -0.2) is 20.3 Å². The minimum Gasteiger partial charge on any atom is -0.348 e. The van der Waals surface area contributed by atoms with Crippen LogP contribution in [0, 0.1) is 6.92 Å². The van der Waals surface area contributed by atoms with E-state index in [4.69, 9.17) is 0 Å². The smallest absolute Gasteiger partial charge is 0.256 e. The molecule has 0 spiro atoms. The number of nitrogens with zero attached hydrogens (tertiary/aromatic N) is 3. The Hall–Kier alpha value is -3.12. The van der Waals surface area contributed by atoms with Gasteiger partial charge in [-0.3, -0.25) is 4.79 Å². The van der Waals surface area contributed by atoms with Gasteiger partial charge in [-0.1, -0.05) is 45.8 Å². The number of carbonyl (C=O) groups is 1. The molecule has 28 heavy (non-hydrogen) atoms. The standard InChI is InChI=1S/C22H19BrN4O/c1-16-7-9-19(10-8-16)27-22(26-11-2-3-12-26)20(15-25-27)21(28)24-14-17-5-4-6-18(23)13-17/h2-13,15H,14H2,1H3,(H,24,28). The van der Waals surface area contributed by atoms with Crippen LogP contribution in [0.1, 0.15) is 21.5 Å². The molecule has 4 aromatic rings. The van der Waals surface area contributed by atoms with Crippen LogP contribution in [0.4, 0.5) is 0 Å². The molecule has 0 aliphatic rings. The fourth-order valence-electron chi connectivity index (χ4n) is 3.03. The molecule has 0 bridgehead atoms. The highest BCUT2D eigenvalue weighted by Gasteiger charge is 2.19. The lowest BCUT2D eigenvalue weighted by Crippen LogP contribution is -2.24. The Morgan fingerprint density at radius 3 is 2.54 bits per heavy atom. The molecule has 4 rings (SSSR count). The Bertz CT molecular complexity index is 1100. The maximum absolute atomic E-state index is 12.9. The molecule has 0 saturated heterocycles. The van der Waals surface area contributed by atoms with Crippen molar-refractivity contribution in [2.75, 3.05) is 0 Å². The van der Waals surface area contributed by atoms with Crippen molar-refractivity contribution >= 4 is 21.8 Å². The monoisotopic (exact) mass is 434 g/mol. The second-order valence-electron chi connectivity index (χ2n) is 6.53. The van der Waals surface area contributed by atoms with E-state index in [-0.39, 0.29) is 5.91 Å². The minimum atomic E-state index is -0.165. The van der Waals surface area contributed by atoms with E-state index in [1.165, 1.54) is 5.56 Å². The zero-order chi connectivity index (χ0) is 19.5. The normalized spacial score (nSPS) is 10.8. The van der Waals surface area contributed by atoms with Crippen molar-refractivity contribution in [2.24, 2.45) is 0 Å². The first-order valence-corrected chi connectivity index (χ1v) is 9.72. The predicted molar refractivity (Wildman–Crippen MR) is 113 cm³/mol. The summed E-state index contributed by atoms with van der Waals surface area (Å²) in [4.78, 5) is 12.9. The van der Waals surface area contributed by atoms with Gasteiger partial charge in [0.05, 0.1) is 11.9 Å². The van der Waals surface area contributed by atoms with Gasteiger partial charge >= 0.3 is 0 Å². The van der Waals surface area contributed by atoms with Gasteiger partial charge in [0.2, 0.25) is 0 Å².